The van der Waals surface area contributed by atoms with Crippen molar-refractivity contribution in [1.82, 2.24) is 4.90 Å². The van der Waals surface area contributed by atoms with E-state index < -0.39 is 0 Å². The molecule has 1 aromatic rings. The number of unbranched alkanes of at least 4 members (excludes halogenated alkanes) is 4. The first-order valence-corrected chi connectivity index (χ1v) is 8.32. The van der Waals surface area contributed by atoms with Gasteiger partial charge in [0.1, 0.15) is 0 Å². The van der Waals surface area contributed by atoms with E-state index in [-0.39, 0.29) is 0 Å². The van der Waals surface area contributed by atoms with Gasteiger partial charge in [-0.25, -0.2) is 0 Å². The molecule has 0 fully saturated rings. The second kappa shape index (κ2) is 10.1. The summed E-state index contributed by atoms with van der Waals surface area (Å²) >= 11 is 6.11. The minimum Gasteiger partial charge on any atom is -0.397 e. The van der Waals surface area contributed by atoms with Gasteiger partial charge >= 0.3 is 0 Å². The van der Waals surface area contributed by atoms with Crippen molar-refractivity contribution < 1.29 is 0 Å². The van der Waals surface area contributed by atoms with Crippen LogP contribution in [0.2, 0.25) is 5.02 Å². The summed E-state index contributed by atoms with van der Waals surface area (Å²) in [7, 11) is 0. The first kappa shape index (κ1) is 17.3. The van der Waals surface area contributed by atoms with Crippen molar-refractivity contribution in [3.05, 3.63) is 28.8 Å². The van der Waals surface area contributed by atoms with Gasteiger partial charge in [-0.15, -0.1) is 0 Å². The van der Waals surface area contributed by atoms with Crippen molar-refractivity contribution in [2.75, 3.05) is 18.8 Å². The predicted octanol–water partition coefficient (Wildman–Crippen LogP) is 5.10. The maximum atomic E-state index is 6.11. The molecule has 1 rings (SSSR count). The fraction of sp³-hybridized carbons (Fsp3) is 0.647. The molecule has 114 valence electrons. The highest BCUT2D eigenvalue weighted by Crippen LogP contribution is 2.23. The third-order valence-electron chi connectivity index (χ3n) is 3.69. The Hall–Kier alpha value is -0.730. The summed E-state index contributed by atoms with van der Waals surface area (Å²) in [5, 5.41) is 0.671. The molecule has 0 bridgehead atoms. The molecule has 0 saturated heterocycles. The molecule has 2 nitrogen and oxygen atoms in total. The van der Waals surface area contributed by atoms with Crippen LogP contribution in [0.15, 0.2) is 18.2 Å². The van der Waals surface area contributed by atoms with Crippen LogP contribution in [0.5, 0.6) is 0 Å². The van der Waals surface area contributed by atoms with Crippen LogP contribution < -0.4 is 5.73 Å². The molecule has 1 aromatic carbocycles. The SMILES string of the molecule is CCCCCN(CCCCC)Cc1cccc(Cl)c1N. The van der Waals surface area contributed by atoms with Crippen molar-refractivity contribution in [1.29, 1.82) is 0 Å². The van der Waals surface area contributed by atoms with Gasteiger partial charge in [0.05, 0.1) is 10.7 Å². The van der Waals surface area contributed by atoms with Gasteiger partial charge in [-0.2, -0.15) is 0 Å². The highest BCUT2D eigenvalue weighted by molar-refractivity contribution is 6.33. The lowest BCUT2D eigenvalue weighted by molar-refractivity contribution is 0.254. The molecule has 0 unspecified atom stereocenters. The highest BCUT2D eigenvalue weighted by atomic mass is 35.5. The van der Waals surface area contributed by atoms with E-state index in [1.54, 1.807) is 0 Å². The number of nitrogens with two attached hydrogens (primary N) is 1. The van der Waals surface area contributed by atoms with Crippen LogP contribution in [0.1, 0.15) is 57.9 Å². The van der Waals surface area contributed by atoms with Crippen LogP contribution in [0.3, 0.4) is 0 Å². The van der Waals surface area contributed by atoms with E-state index in [9.17, 15) is 0 Å². The zero-order chi connectivity index (χ0) is 14.8. The van der Waals surface area contributed by atoms with E-state index in [4.69, 9.17) is 17.3 Å². The molecule has 0 spiro atoms. The Morgan fingerprint density at radius 3 is 2.15 bits per heavy atom. The predicted molar refractivity (Wildman–Crippen MR) is 90.2 cm³/mol. The van der Waals surface area contributed by atoms with Crippen molar-refractivity contribution >= 4 is 17.3 Å². The summed E-state index contributed by atoms with van der Waals surface area (Å²) in [5.74, 6) is 0. The van der Waals surface area contributed by atoms with Gasteiger partial charge in [0.15, 0.2) is 0 Å². The lowest BCUT2D eigenvalue weighted by Crippen LogP contribution is -2.26. The number of hydrogen-bond donors (Lipinski definition) is 1. The van der Waals surface area contributed by atoms with Crippen molar-refractivity contribution in [2.45, 2.75) is 58.9 Å². The summed E-state index contributed by atoms with van der Waals surface area (Å²) in [5.41, 5.74) is 7.98. The third-order valence-corrected chi connectivity index (χ3v) is 4.02. The summed E-state index contributed by atoms with van der Waals surface area (Å²) in [4.78, 5) is 2.52. The third kappa shape index (κ3) is 6.15. The van der Waals surface area contributed by atoms with Gasteiger partial charge < -0.3 is 5.73 Å². The van der Waals surface area contributed by atoms with Gasteiger partial charge in [0, 0.05) is 6.54 Å². The molecule has 0 heterocycles. The number of anilines is 1. The van der Waals surface area contributed by atoms with Crippen LogP contribution in [-0.4, -0.2) is 18.0 Å². The van der Waals surface area contributed by atoms with Crippen LogP contribution >= 0.6 is 11.6 Å². The number of rotatable bonds is 10. The van der Waals surface area contributed by atoms with Gasteiger partial charge in [0.2, 0.25) is 0 Å². The summed E-state index contributed by atoms with van der Waals surface area (Å²) < 4.78 is 0. The number of halogens is 1. The molecule has 2 N–H and O–H groups in total. The zero-order valence-corrected chi connectivity index (χ0v) is 13.8. The Kier molecular flexibility index (Phi) is 8.72. The van der Waals surface area contributed by atoms with E-state index in [0.717, 1.165) is 30.9 Å². The van der Waals surface area contributed by atoms with Crippen LogP contribution in [0.25, 0.3) is 0 Å². The standard InChI is InChI=1S/C17H29ClN2/c1-3-5-7-12-20(13-8-6-4-2)14-15-10-9-11-16(18)17(15)19/h9-11H,3-8,12-14,19H2,1-2H3. The lowest BCUT2D eigenvalue weighted by atomic mass is 10.1. The monoisotopic (exact) mass is 296 g/mol. The number of nitrogen functional groups attached to an aromatic ring is 1. The normalized spacial score (nSPS) is 11.2. The summed E-state index contributed by atoms with van der Waals surface area (Å²) in [6.07, 6.45) is 7.67. The molecular formula is C17H29ClN2. The van der Waals surface area contributed by atoms with Crippen molar-refractivity contribution in [3.8, 4) is 0 Å². The molecule has 20 heavy (non-hydrogen) atoms. The summed E-state index contributed by atoms with van der Waals surface area (Å²) in [6.45, 7) is 7.72. The average Bonchev–Trinajstić information content (AvgIpc) is 2.44. The molecule has 0 amide bonds. The molecule has 0 saturated carbocycles. The number of para-hydroxylation sites is 1. The Morgan fingerprint density at radius 1 is 1.00 bits per heavy atom. The Morgan fingerprint density at radius 2 is 1.60 bits per heavy atom. The van der Waals surface area contributed by atoms with Gasteiger partial charge in [-0.1, -0.05) is 63.3 Å². The molecule has 0 aliphatic heterocycles. The lowest BCUT2D eigenvalue weighted by Gasteiger charge is -2.23. The zero-order valence-electron chi connectivity index (χ0n) is 13.0. The molecule has 0 atom stereocenters. The maximum absolute atomic E-state index is 6.11. The number of hydrogen-bond acceptors (Lipinski definition) is 2. The average molecular weight is 297 g/mol. The van der Waals surface area contributed by atoms with E-state index in [0.29, 0.717) is 5.02 Å². The minimum absolute atomic E-state index is 0.671. The Bertz CT molecular complexity index is 369. The first-order chi connectivity index (χ1) is 9.69. The van der Waals surface area contributed by atoms with E-state index in [2.05, 4.69) is 24.8 Å². The number of benzene rings is 1. The number of nitrogens with zero attached hydrogens (tertiary/aromatic N) is 1. The molecule has 0 aliphatic rings. The van der Waals surface area contributed by atoms with E-state index in [1.165, 1.54) is 38.5 Å². The van der Waals surface area contributed by atoms with Crippen LogP contribution in [-0.2, 0) is 6.54 Å². The smallest absolute Gasteiger partial charge is 0.0638 e. The highest BCUT2D eigenvalue weighted by Gasteiger charge is 2.09. The van der Waals surface area contributed by atoms with Crippen molar-refractivity contribution in [3.63, 3.8) is 0 Å². The Balaban J connectivity index is 2.59. The van der Waals surface area contributed by atoms with E-state index in [1.807, 2.05) is 12.1 Å². The molecule has 3 heteroatoms. The van der Waals surface area contributed by atoms with E-state index >= 15 is 0 Å². The topological polar surface area (TPSA) is 29.3 Å². The second-order valence-electron chi connectivity index (χ2n) is 5.50. The second-order valence-corrected chi connectivity index (χ2v) is 5.91. The Labute approximate surface area is 129 Å². The molecule has 0 aliphatic carbocycles. The summed E-state index contributed by atoms with van der Waals surface area (Å²) in [6, 6.07) is 5.94. The molecule has 0 aromatic heterocycles. The minimum atomic E-state index is 0.671. The van der Waals surface area contributed by atoms with Gasteiger partial charge in [-0.3, -0.25) is 4.90 Å². The van der Waals surface area contributed by atoms with Crippen LogP contribution in [0.4, 0.5) is 5.69 Å². The maximum Gasteiger partial charge on any atom is 0.0638 e. The van der Waals surface area contributed by atoms with Crippen LogP contribution in [0, 0.1) is 0 Å². The quantitative estimate of drug-likeness (QED) is 0.480. The fourth-order valence-corrected chi connectivity index (χ4v) is 2.60. The largest absolute Gasteiger partial charge is 0.397 e. The molecule has 0 radical (unpaired) electrons. The van der Waals surface area contributed by atoms with Gasteiger partial charge in [-0.05, 0) is 37.6 Å². The van der Waals surface area contributed by atoms with Crippen molar-refractivity contribution in [2.24, 2.45) is 0 Å². The first-order valence-electron chi connectivity index (χ1n) is 7.94. The molecular weight excluding hydrogens is 268 g/mol. The fourth-order valence-electron chi connectivity index (χ4n) is 2.40. The van der Waals surface area contributed by atoms with Gasteiger partial charge in [0.25, 0.3) is 0 Å².